The molecule has 0 radical (unpaired) electrons. The molecule has 2 heterocycles. The van der Waals surface area contributed by atoms with Crippen LogP contribution in [-0.2, 0) is 4.79 Å². The number of likely N-dealkylation sites (N-methyl/N-ethyl adjacent to an activating group) is 1. The molecule has 3 atom stereocenters. The highest BCUT2D eigenvalue weighted by atomic mass is 32.2. The number of hydrogen-bond acceptors (Lipinski definition) is 3. The average molecular weight is 256 g/mol. The van der Waals surface area contributed by atoms with Crippen LogP contribution in [0.5, 0.6) is 0 Å². The number of hydrogen-bond donors (Lipinski definition) is 0. The van der Waals surface area contributed by atoms with Crippen molar-refractivity contribution in [3.63, 3.8) is 0 Å². The summed E-state index contributed by atoms with van der Waals surface area (Å²) in [6.45, 7) is 4.20. The van der Waals surface area contributed by atoms with E-state index < -0.39 is 0 Å². The highest BCUT2D eigenvalue weighted by molar-refractivity contribution is 7.99. The third-order valence-corrected chi connectivity index (χ3v) is 5.21. The van der Waals surface area contributed by atoms with Crippen molar-refractivity contribution in [2.45, 2.75) is 49.9 Å². The summed E-state index contributed by atoms with van der Waals surface area (Å²) >= 11 is 1.66. The Kier molecular flexibility index (Phi) is 4.36. The predicted molar refractivity (Wildman–Crippen MR) is 73.4 cm³/mol. The van der Waals surface area contributed by atoms with Crippen molar-refractivity contribution >= 4 is 17.7 Å². The lowest BCUT2D eigenvalue weighted by Crippen LogP contribution is -2.49. The van der Waals surface area contributed by atoms with Crippen molar-refractivity contribution in [1.82, 2.24) is 9.80 Å². The van der Waals surface area contributed by atoms with Gasteiger partial charge in [-0.05, 0) is 52.5 Å². The maximum absolute atomic E-state index is 12.3. The lowest BCUT2D eigenvalue weighted by Gasteiger charge is -2.34. The Bertz CT molecular complexity index is 285. The Hall–Kier alpha value is -0.220. The van der Waals surface area contributed by atoms with E-state index in [1.54, 1.807) is 11.8 Å². The fourth-order valence-corrected chi connectivity index (χ4v) is 3.56. The number of carbonyl (C=O) groups excluding carboxylic acids is 1. The van der Waals surface area contributed by atoms with E-state index in [-0.39, 0.29) is 5.25 Å². The Morgan fingerprint density at radius 2 is 1.88 bits per heavy atom. The van der Waals surface area contributed by atoms with Crippen molar-refractivity contribution in [2.24, 2.45) is 0 Å². The SMILES string of the molecule is CS[C@H](C)C(=O)N1CCC[C@@H]1[C@@H]1CCCN1C. The van der Waals surface area contributed by atoms with E-state index in [4.69, 9.17) is 0 Å². The third kappa shape index (κ3) is 2.63. The van der Waals surface area contributed by atoms with Crippen LogP contribution in [0.25, 0.3) is 0 Å². The molecule has 0 saturated carbocycles. The number of rotatable bonds is 3. The van der Waals surface area contributed by atoms with Gasteiger partial charge in [0.1, 0.15) is 0 Å². The van der Waals surface area contributed by atoms with Gasteiger partial charge >= 0.3 is 0 Å². The Labute approximate surface area is 109 Å². The fourth-order valence-electron chi connectivity index (χ4n) is 3.22. The number of nitrogens with zero attached hydrogens (tertiary/aromatic N) is 2. The van der Waals surface area contributed by atoms with E-state index in [2.05, 4.69) is 16.8 Å². The summed E-state index contributed by atoms with van der Waals surface area (Å²) in [6, 6.07) is 1.08. The molecule has 0 aromatic carbocycles. The van der Waals surface area contributed by atoms with Crippen molar-refractivity contribution in [2.75, 3.05) is 26.4 Å². The second-order valence-electron chi connectivity index (χ2n) is 5.31. The monoisotopic (exact) mass is 256 g/mol. The molecule has 0 aromatic heterocycles. The Morgan fingerprint density at radius 3 is 2.47 bits per heavy atom. The second-order valence-corrected chi connectivity index (χ2v) is 6.49. The minimum atomic E-state index is 0.113. The van der Waals surface area contributed by atoms with Crippen LogP contribution in [0, 0.1) is 0 Å². The van der Waals surface area contributed by atoms with Gasteiger partial charge in [0.05, 0.1) is 5.25 Å². The molecule has 2 aliphatic heterocycles. The van der Waals surface area contributed by atoms with E-state index >= 15 is 0 Å². The fraction of sp³-hybridized carbons (Fsp3) is 0.923. The van der Waals surface area contributed by atoms with Crippen LogP contribution in [0.3, 0.4) is 0 Å². The lowest BCUT2D eigenvalue weighted by atomic mass is 10.0. The maximum Gasteiger partial charge on any atom is 0.235 e. The van der Waals surface area contributed by atoms with Gasteiger partial charge in [-0.25, -0.2) is 0 Å². The van der Waals surface area contributed by atoms with Gasteiger partial charge in [0, 0.05) is 18.6 Å². The molecule has 1 amide bonds. The maximum atomic E-state index is 12.3. The van der Waals surface area contributed by atoms with Gasteiger partial charge in [-0.3, -0.25) is 4.79 Å². The zero-order valence-corrected chi connectivity index (χ0v) is 12.0. The van der Waals surface area contributed by atoms with Crippen molar-refractivity contribution < 1.29 is 4.79 Å². The van der Waals surface area contributed by atoms with Gasteiger partial charge in [-0.15, -0.1) is 0 Å². The number of carbonyl (C=O) groups is 1. The molecule has 2 rings (SSSR count). The number of likely N-dealkylation sites (tertiary alicyclic amines) is 2. The van der Waals surface area contributed by atoms with Crippen molar-refractivity contribution in [1.29, 1.82) is 0 Å². The molecule has 17 heavy (non-hydrogen) atoms. The molecular weight excluding hydrogens is 232 g/mol. The van der Waals surface area contributed by atoms with Crippen LogP contribution in [0.15, 0.2) is 0 Å². The molecule has 2 saturated heterocycles. The first-order valence-electron chi connectivity index (χ1n) is 6.68. The van der Waals surface area contributed by atoms with Gasteiger partial charge in [0.25, 0.3) is 0 Å². The second kappa shape index (κ2) is 5.61. The summed E-state index contributed by atoms with van der Waals surface area (Å²) in [5.41, 5.74) is 0. The standard InChI is InChI=1S/C13H24N2OS/c1-10(17-3)13(16)15-9-5-7-12(15)11-6-4-8-14(11)2/h10-12H,4-9H2,1-3H3/t10-,11+,12-/m1/s1. The smallest absolute Gasteiger partial charge is 0.235 e. The molecule has 0 N–H and O–H groups in total. The van der Waals surface area contributed by atoms with Crippen molar-refractivity contribution in [3.05, 3.63) is 0 Å². The zero-order chi connectivity index (χ0) is 12.4. The lowest BCUT2D eigenvalue weighted by molar-refractivity contribution is -0.132. The first-order valence-corrected chi connectivity index (χ1v) is 7.97. The topological polar surface area (TPSA) is 23.6 Å². The summed E-state index contributed by atoms with van der Waals surface area (Å²) in [7, 11) is 2.21. The summed E-state index contributed by atoms with van der Waals surface area (Å²) < 4.78 is 0. The molecule has 0 spiro atoms. The van der Waals surface area contributed by atoms with Crippen LogP contribution >= 0.6 is 11.8 Å². The average Bonchev–Trinajstić information content (AvgIpc) is 2.94. The van der Waals surface area contributed by atoms with E-state index in [1.165, 1.54) is 32.2 Å². The molecule has 0 bridgehead atoms. The highest BCUT2D eigenvalue weighted by Gasteiger charge is 2.39. The quantitative estimate of drug-likeness (QED) is 0.769. The van der Waals surface area contributed by atoms with E-state index in [9.17, 15) is 4.79 Å². The molecule has 3 nitrogen and oxygen atoms in total. The van der Waals surface area contributed by atoms with Gasteiger partial charge in [0.2, 0.25) is 5.91 Å². The first kappa shape index (κ1) is 13.2. The molecule has 4 heteroatoms. The molecule has 0 unspecified atom stereocenters. The molecule has 2 aliphatic rings. The van der Waals surface area contributed by atoms with E-state index in [0.717, 1.165) is 6.54 Å². The zero-order valence-electron chi connectivity index (χ0n) is 11.2. The summed E-state index contributed by atoms with van der Waals surface area (Å²) in [5.74, 6) is 0.347. The van der Waals surface area contributed by atoms with Crippen LogP contribution < -0.4 is 0 Å². The largest absolute Gasteiger partial charge is 0.337 e. The number of thioether (sulfide) groups is 1. The first-order chi connectivity index (χ1) is 8.15. The highest BCUT2D eigenvalue weighted by Crippen LogP contribution is 2.30. The van der Waals surface area contributed by atoms with Gasteiger partial charge in [0.15, 0.2) is 0 Å². The van der Waals surface area contributed by atoms with Gasteiger partial charge < -0.3 is 9.80 Å². The Morgan fingerprint density at radius 1 is 1.24 bits per heavy atom. The normalized spacial score (nSPS) is 32.1. The van der Waals surface area contributed by atoms with Crippen LogP contribution in [0.1, 0.15) is 32.6 Å². The van der Waals surface area contributed by atoms with E-state index in [0.29, 0.717) is 18.0 Å². The van der Waals surface area contributed by atoms with Gasteiger partial charge in [-0.2, -0.15) is 11.8 Å². The van der Waals surface area contributed by atoms with Crippen LogP contribution in [0.2, 0.25) is 0 Å². The van der Waals surface area contributed by atoms with E-state index in [1.807, 2.05) is 13.2 Å². The van der Waals surface area contributed by atoms with Gasteiger partial charge in [-0.1, -0.05) is 0 Å². The third-order valence-electron chi connectivity index (χ3n) is 4.30. The molecule has 2 fully saturated rings. The molecule has 0 aromatic rings. The van der Waals surface area contributed by atoms with Crippen LogP contribution in [-0.4, -0.2) is 59.4 Å². The minimum absolute atomic E-state index is 0.113. The molecule has 0 aliphatic carbocycles. The number of amides is 1. The summed E-state index contributed by atoms with van der Waals surface area (Å²) in [6.07, 6.45) is 6.95. The Balaban J connectivity index is 2.04. The summed E-state index contributed by atoms with van der Waals surface area (Å²) in [5, 5.41) is 0.113. The summed E-state index contributed by atoms with van der Waals surface area (Å²) in [4.78, 5) is 16.9. The minimum Gasteiger partial charge on any atom is -0.337 e. The molecular formula is C13H24N2OS. The molecule has 98 valence electrons. The van der Waals surface area contributed by atoms with Crippen LogP contribution in [0.4, 0.5) is 0 Å². The predicted octanol–water partition coefficient (Wildman–Crippen LogP) is 1.82. The van der Waals surface area contributed by atoms with Crippen molar-refractivity contribution in [3.8, 4) is 0 Å².